The highest BCUT2D eigenvalue weighted by atomic mass is 35.5. The van der Waals surface area contributed by atoms with Crippen LogP contribution in [-0.2, 0) is 13.1 Å². The maximum absolute atomic E-state index is 6.15. The zero-order valence-corrected chi connectivity index (χ0v) is 9.91. The number of hydrogen-bond donors (Lipinski definition) is 1. The van der Waals surface area contributed by atoms with Crippen LogP contribution in [0, 0.1) is 6.92 Å². The fraction of sp³-hybridized carbons (Fsp3) is 0.250. The molecule has 0 amide bonds. The van der Waals surface area contributed by atoms with Crippen molar-refractivity contribution in [1.29, 1.82) is 0 Å². The summed E-state index contributed by atoms with van der Waals surface area (Å²) in [4.78, 5) is 0. The lowest BCUT2D eigenvalue weighted by atomic mass is 10.1. The summed E-state index contributed by atoms with van der Waals surface area (Å²) >= 11 is 6.15. The molecule has 2 rings (SSSR count). The molecule has 1 aromatic carbocycles. The third-order valence-electron chi connectivity index (χ3n) is 2.45. The van der Waals surface area contributed by atoms with Crippen molar-refractivity contribution < 1.29 is 0 Å². The van der Waals surface area contributed by atoms with Crippen LogP contribution in [-0.4, -0.2) is 9.78 Å². The van der Waals surface area contributed by atoms with Crippen LogP contribution in [0.2, 0.25) is 5.02 Å². The second kappa shape index (κ2) is 4.68. The van der Waals surface area contributed by atoms with E-state index in [-0.39, 0.29) is 0 Å². The van der Waals surface area contributed by atoms with Gasteiger partial charge in [-0.25, -0.2) is 0 Å². The highest BCUT2D eigenvalue weighted by molar-refractivity contribution is 6.31. The van der Waals surface area contributed by atoms with Gasteiger partial charge in [0.15, 0.2) is 0 Å². The van der Waals surface area contributed by atoms with Gasteiger partial charge in [-0.1, -0.05) is 23.7 Å². The van der Waals surface area contributed by atoms with Gasteiger partial charge in [0.25, 0.3) is 0 Å². The van der Waals surface area contributed by atoms with Crippen LogP contribution in [0.25, 0.3) is 0 Å². The molecular weight excluding hydrogens is 222 g/mol. The second-order valence-electron chi connectivity index (χ2n) is 3.80. The Balaban J connectivity index is 2.20. The van der Waals surface area contributed by atoms with E-state index in [1.54, 1.807) is 0 Å². The Hall–Kier alpha value is -1.32. The number of rotatable bonds is 3. The zero-order chi connectivity index (χ0) is 11.5. The molecule has 2 aromatic rings. The van der Waals surface area contributed by atoms with Gasteiger partial charge < -0.3 is 5.73 Å². The number of hydrogen-bond acceptors (Lipinski definition) is 2. The van der Waals surface area contributed by atoms with Crippen LogP contribution >= 0.6 is 11.6 Å². The summed E-state index contributed by atoms with van der Waals surface area (Å²) in [6.45, 7) is 3.17. The molecule has 0 aliphatic heterocycles. The number of halogens is 1. The molecule has 3 nitrogen and oxygen atoms in total. The van der Waals surface area contributed by atoms with Gasteiger partial charge in [0, 0.05) is 17.8 Å². The molecule has 84 valence electrons. The van der Waals surface area contributed by atoms with E-state index in [1.165, 1.54) is 0 Å². The van der Waals surface area contributed by atoms with E-state index in [4.69, 9.17) is 17.3 Å². The monoisotopic (exact) mass is 235 g/mol. The molecule has 0 aliphatic carbocycles. The average Bonchev–Trinajstić information content (AvgIpc) is 2.70. The van der Waals surface area contributed by atoms with Crippen molar-refractivity contribution in [3.8, 4) is 0 Å². The molecule has 0 unspecified atom stereocenters. The number of benzene rings is 1. The molecule has 0 saturated heterocycles. The van der Waals surface area contributed by atoms with E-state index in [0.717, 1.165) is 21.8 Å². The number of aryl methyl sites for hydroxylation is 1. The van der Waals surface area contributed by atoms with Crippen molar-refractivity contribution in [2.24, 2.45) is 5.73 Å². The summed E-state index contributed by atoms with van der Waals surface area (Å²) in [6, 6.07) is 7.96. The van der Waals surface area contributed by atoms with E-state index < -0.39 is 0 Å². The SMILES string of the molecule is Cc1ccc(Cn2ccc(CN)n2)c(Cl)c1. The molecule has 0 bridgehead atoms. The summed E-state index contributed by atoms with van der Waals surface area (Å²) in [5, 5.41) is 5.10. The highest BCUT2D eigenvalue weighted by Crippen LogP contribution is 2.18. The van der Waals surface area contributed by atoms with Crippen molar-refractivity contribution in [3.05, 3.63) is 52.3 Å². The fourth-order valence-corrected chi connectivity index (χ4v) is 1.85. The third-order valence-corrected chi connectivity index (χ3v) is 2.80. The summed E-state index contributed by atoms with van der Waals surface area (Å²) in [6.07, 6.45) is 1.92. The average molecular weight is 236 g/mol. The minimum atomic E-state index is 0.467. The Morgan fingerprint density at radius 3 is 2.81 bits per heavy atom. The summed E-state index contributed by atoms with van der Waals surface area (Å²) in [7, 11) is 0. The van der Waals surface area contributed by atoms with Crippen LogP contribution in [0.4, 0.5) is 0 Å². The maximum Gasteiger partial charge on any atom is 0.0760 e. The lowest BCUT2D eigenvalue weighted by Crippen LogP contribution is -2.03. The summed E-state index contributed by atoms with van der Waals surface area (Å²) in [5.74, 6) is 0. The van der Waals surface area contributed by atoms with Crippen molar-refractivity contribution in [2.45, 2.75) is 20.0 Å². The van der Waals surface area contributed by atoms with Gasteiger partial charge >= 0.3 is 0 Å². The van der Waals surface area contributed by atoms with E-state index in [2.05, 4.69) is 11.2 Å². The van der Waals surface area contributed by atoms with E-state index >= 15 is 0 Å². The Morgan fingerprint density at radius 1 is 1.38 bits per heavy atom. The van der Waals surface area contributed by atoms with Gasteiger partial charge in [0.2, 0.25) is 0 Å². The van der Waals surface area contributed by atoms with E-state index in [0.29, 0.717) is 13.1 Å². The van der Waals surface area contributed by atoms with Gasteiger partial charge in [-0.2, -0.15) is 5.10 Å². The number of nitrogens with zero attached hydrogens (tertiary/aromatic N) is 2. The van der Waals surface area contributed by atoms with Crippen molar-refractivity contribution in [2.75, 3.05) is 0 Å². The molecule has 1 heterocycles. The predicted octanol–water partition coefficient (Wildman–Crippen LogP) is 2.35. The molecule has 0 aliphatic rings. The lowest BCUT2D eigenvalue weighted by molar-refractivity contribution is 0.672. The molecule has 0 saturated carbocycles. The number of aromatic nitrogens is 2. The second-order valence-corrected chi connectivity index (χ2v) is 4.21. The van der Waals surface area contributed by atoms with Crippen molar-refractivity contribution in [1.82, 2.24) is 9.78 Å². The number of nitrogens with two attached hydrogens (primary N) is 1. The van der Waals surface area contributed by atoms with Crippen LogP contribution < -0.4 is 5.73 Å². The largest absolute Gasteiger partial charge is 0.325 e. The van der Waals surface area contributed by atoms with Gasteiger partial charge in [-0.05, 0) is 30.2 Å². The quantitative estimate of drug-likeness (QED) is 0.888. The topological polar surface area (TPSA) is 43.8 Å². The molecule has 0 fully saturated rings. The molecule has 0 radical (unpaired) electrons. The first kappa shape index (κ1) is 11.2. The van der Waals surface area contributed by atoms with E-state index in [9.17, 15) is 0 Å². The molecule has 4 heteroatoms. The highest BCUT2D eigenvalue weighted by Gasteiger charge is 2.03. The van der Waals surface area contributed by atoms with Crippen LogP contribution in [0.15, 0.2) is 30.5 Å². The molecule has 0 atom stereocenters. The normalized spacial score (nSPS) is 10.7. The molecule has 2 N–H and O–H groups in total. The Bertz CT molecular complexity index is 491. The Kier molecular flexibility index (Phi) is 3.27. The standard InChI is InChI=1S/C12H14ClN3/c1-9-2-3-10(12(13)6-9)8-16-5-4-11(7-14)15-16/h2-6H,7-8,14H2,1H3. The molecule has 16 heavy (non-hydrogen) atoms. The zero-order valence-electron chi connectivity index (χ0n) is 9.15. The minimum Gasteiger partial charge on any atom is -0.325 e. The molecule has 1 aromatic heterocycles. The van der Waals surface area contributed by atoms with Gasteiger partial charge in [0.1, 0.15) is 0 Å². The van der Waals surface area contributed by atoms with Crippen LogP contribution in [0.5, 0.6) is 0 Å². The van der Waals surface area contributed by atoms with Crippen LogP contribution in [0.3, 0.4) is 0 Å². The maximum atomic E-state index is 6.15. The first-order valence-electron chi connectivity index (χ1n) is 5.16. The Labute approximate surface area is 99.8 Å². The fourth-order valence-electron chi connectivity index (χ4n) is 1.56. The predicted molar refractivity (Wildman–Crippen MR) is 65.4 cm³/mol. The first-order chi connectivity index (χ1) is 7.69. The first-order valence-corrected chi connectivity index (χ1v) is 5.54. The van der Waals surface area contributed by atoms with E-state index in [1.807, 2.05) is 36.0 Å². The van der Waals surface area contributed by atoms with Gasteiger partial charge in [-0.3, -0.25) is 4.68 Å². The van der Waals surface area contributed by atoms with Gasteiger partial charge in [-0.15, -0.1) is 0 Å². The Morgan fingerprint density at radius 2 is 2.19 bits per heavy atom. The summed E-state index contributed by atoms with van der Waals surface area (Å²) in [5.41, 5.74) is 8.63. The lowest BCUT2D eigenvalue weighted by Gasteiger charge is -2.05. The van der Waals surface area contributed by atoms with Crippen molar-refractivity contribution >= 4 is 11.6 Å². The van der Waals surface area contributed by atoms with Crippen molar-refractivity contribution in [3.63, 3.8) is 0 Å². The third kappa shape index (κ3) is 2.43. The minimum absolute atomic E-state index is 0.467. The van der Waals surface area contributed by atoms with Gasteiger partial charge in [0.05, 0.1) is 12.2 Å². The summed E-state index contributed by atoms with van der Waals surface area (Å²) < 4.78 is 1.85. The molecule has 0 spiro atoms. The molecular formula is C12H14ClN3. The smallest absolute Gasteiger partial charge is 0.0760 e. The van der Waals surface area contributed by atoms with Crippen LogP contribution in [0.1, 0.15) is 16.8 Å².